The second kappa shape index (κ2) is 39.2. The van der Waals surface area contributed by atoms with Crippen LogP contribution < -0.4 is 0 Å². The first kappa shape index (κ1) is 28.5. The third-order valence-electron chi connectivity index (χ3n) is 0. The van der Waals surface area contributed by atoms with Crippen molar-refractivity contribution in [2.24, 2.45) is 0 Å². The third-order valence-corrected chi connectivity index (χ3v) is 0. The van der Waals surface area contributed by atoms with Crippen LogP contribution in [0, 0.1) is 0 Å². The Hall–Kier alpha value is 1.90. The molecule has 0 aromatic heterocycles. The standard InChI is InChI=1S/2Al.2Cu.O.5H. The monoisotopic (exact) mass is 201 g/mol. The van der Waals surface area contributed by atoms with Crippen LogP contribution in [-0.2, 0) is 36.8 Å². The summed E-state index contributed by atoms with van der Waals surface area (Å²) >= 11 is 2.94. The summed E-state index contributed by atoms with van der Waals surface area (Å²) in [6.45, 7) is 0. The molecule has 39 valence electrons. The SMILES string of the molecule is [AlH2].[AlH3].[Cu].[O]=[Cu]. The van der Waals surface area contributed by atoms with Crippen molar-refractivity contribution < 1.29 is 36.8 Å². The molecule has 0 saturated carbocycles. The fourth-order valence-corrected chi connectivity index (χ4v) is 0. The van der Waals surface area contributed by atoms with Crippen LogP contribution in [0.1, 0.15) is 0 Å². The van der Waals surface area contributed by atoms with Crippen LogP contribution in [0.2, 0.25) is 0 Å². The maximum absolute atomic E-state index is 7.81. The number of hydrogen-bond donors (Lipinski definition) is 0. The van der Waals surface area contributed by atoms with E-state index in [4.69, 9.17) is 3.83 Å². The maximum atomic E-state index is 7.81. The van der Waals surface area contributed by atoms with Crippen molar-refractivity contribution in [2.45, 2.75) is 0 Å². The van der Waals surface area contributed by atoms with Crippen LogP contribution in [0.3, 0.4) is 0 Å². The molecule has 0 aromatic rings. The number of rotatable bonds is 0. The molecule has 0 bridgehead atoms. The molecule has 0 aromatic carbocycles. The summed E-state index contributed by atoms with van der Waals surface area (Å²) < 4.78 is 7.81. The molecular weight excluding hydrogens is 197 g/mol. The van der Waals surface area contributed by atoms with Gasteiger partial charge in [-0.3, -0.25) is 0 Å². The summed E-state index contributed by atoms with van der Waals surface area (Å²) in [5.74, 6) is 0. The molecule has 0 rings (SSSR count). The van der Waals surface area contributed by atoms with Gasteiger partial charge in [0.1, 0.15) is 17.4 Å². The molecule has 2 radical (unpaired) electrons. The van der Waals surface area contributed by atoms with Crippen LogP contribution in [0.4, 0.5) is 0 Å². The third kappa shape index (κ3) is 24.8. The van der Waals surface area contributed by atoms with Crippen LogP contribution >= 0.6 is 0 Å². The van der Waals surface area contributed by atoms with Gasteiger partial charge in [0.2, 0.25) is 0 Å². The van der Waals surface area contributed by atoms with Gasteiger partial charge in [-0.25, -0.2) is 0 Å². The Morgan fingerprint density at radius 3 is 1.20 bits per heavy atom. The zero-order valence-corrected chi connectivity index (χ0v) is 5.89. The second-order valence-electron chi connectivity index (χ2n) is 0. The van der Waals surface area contributed by atoms with Gasteiger partial charge in [0.15, 0.2) is 17.4 Å². The van der Waals surface area contributed by atoms with Gasteiger partial charge in [-0.2, -0.15) is 0 Å². The van der Waals surface area contributed by atoms with E-state index in [1.807, 2.05) is 0 Å². The summed E-state index contributed by atoms with van der Waals surface area (Å²) in [5, 5.41) is 0. The molecule has 1 nitrogen and oxygen atoms in total. The molecule has 0 N–H and O–H groups in total. The molecule has 0 heterocycles. The summed E-state index contributed by atoms with van der Waals surface area (Å²) in [4.78, 5) is 0. The Balaban J connectivity index is -0.00000000167. The van der Waals surface area contributed by atoms with Crippen molar-refractivity contribution in [3.63, 3.8) is 0 Å². The molecule has 0 aliphatic heterocycles. The van der Waals surface area contributed by atoms with E-state index >= 15 is 0 Å². The van der Waals surface area contributed by atoms with E-state index in [0.29, 0.717) is 0 Å². The minimum atomic E-state index is 0. The van der Waals surface area contributed by atoms with E-state index in [-0.39, 0.29) is 51.8 Å². The summed E-state index contributed by atoms with van der Waals surface area (Å²) in [5.41, 5.74) is 0. The van der Waals surface area contributed by atoms with Crippen molar-refractivity contribution in [1.82, 2.24) is 0 Å². The van der Waals surface area contributed by atoms with Crippen LogP contribution in [-0.4, -0.2) is 34.7 Å². The molecular formula is H5Al2Cu2O. The van der Waals surface area contributed by atoms with E-state index in [0.717, 1.165) is 0 Å². The Labute approximate surface area is 71.0 Å². The van der Waals surface area contributed by atoms with Crippen molar-refractivity contribution in [3.8, 4) is 0 Å². The Bertz CT molecular complexity index is 7.61. The van der Waals surface area contributed by atoms with Crippen LogP contribution in [0.15, 0.2) is 0 Å². The average molecular weight is 202 g/mol. The molecule has 0 unspecified atom stereocenters. The predicted octanol–water partition coefficient (Wildman–Crippen LogP) is -2.22. The fraction of sp³-hybridized carbons (Fsp3) is 0. The van der Waals surface area contributed by atoms with Crippen molar-refractivity contribution in [2.75, 3.05) is 0 Å². The molecule has 0 fully saturated rings. The summed E-state index contributed by atoms with van der Waals surface area (Å²) in [7, 11) is 0. The average Bonchev–Trinajstić information content (AvgIpc) is 1.00. The molecule has 5 heteroatoms. The predicted molar refractivity (Wildman–Crippen MR) is 19.2 cm³/mol. The van der Waals surface area contributed by atoms with Crippen molar-refractivity contribution >= 4 is 34.7 Å². The van der Waals surface area contributed by atoms with Gasteiger partial charge in [-0.1, -0.05) is 0 Å². The van der Waals surface area contributed by atoms with Gasteiger partial charge in [0.25, 0.3) is 0 Å². The first-order valence-electron chi connectivity index (χ1n) is 0.123. The van der Waals surface area contributed by atoms with Gasteiger partial charge < -0.3 is 0 Å². The van der Waals surface area contributed by atoms with Crippen LogP contribution in [0.5, 0.6) is 0 Å². The quantitative estimate of drug-likeness (QED) is 0.406. The molecule has 0 amide bonds. The molecule has 0 aliphatic carbocycles. The Kier molecular flexibility index (Phi) is 224. The molecule has 0 aliphatic rings. The molecule has 0 saturated heterocycles. The zero-order chi connectivity index (χ0) is 2.00. The van der Waals surface area contributed by atoms with Gasteiger partial charge in [0.05, 0.1) is 0 Å². The van der Waals surface area contributed by atoms with Crippen molar-refractivity contribution in [3.05, 3.63) is 0 Å². The molecule has 0 atom stereocenters. The van der Waals surface area contributed by atoms with Gasteiger partial charge in [0, 0.05) is 17.1 Å². The first-order chi connectivity index (χ1) is 1.00. The minimum absolute atomic E-state index is 0. The fourth-order valence-electron chi connectivity index (χ4n) is 0. The van der Waals surface area contributed by atoms with Crippen LogP contribution in [0.25, 0.3) is 0 Å². The topological polar surface area (TPSA) is 17.1 Å². The molecule has 5 heavy (non-hydrogen) atoms. The molecule has 0 spiro atoms. The van der Waals surface area contributed by atoms with Gasteiger partial charge >= 0.3 is 19.8 Å². The van der Waals surface area contributed by atoms with E-state index in [9.17, 15) is 0 Å². The van der Waals surface area contributed by atoms with Crippen molar-refractivity contribution in [1.29, 1.82) is 0 Å². The Morgan fingerprint density at radius 2 is 1.20 bits per heavy atom. The van der Waals surface area contributed by atoms with E-state index in [2.05, 4.69) is 15.9 Å². The van der Waals surface area contributed by atoms with E-state index < -0.39 is 0 Å². The Morgan fingerprint density at radius 1 is 1.20 bits per heavy atom. The normalized spacial score (nSPS) is 1.20. The summed E-state index contributed by atoms with van der Waals surface area (Å²) in [6.07, 6.45) is 0. The second-order valence-corrected chi connectivity index (χ2v) is 0. The zero-order valence-electron chi connectivity index (χ0n) is 2.01. The van der Waals surface area contributed by atoms with E-state index in [1.54, 1.807) is 0 Å². The van der Waals surface area contributed by atoms with E-state index in [1.165, 1.54) is 0 Å². The summed E-state index contributed by atoms with van der Waals surface area (Å²) in [6, 6.07) is 0. The number of hydrogen-bond acceptors (Lipinski definition) is 1. The van der Waals surface area contributed by atoms with Gasteiger partial charge in [-0.05, 0) is 0 Å². The first-order valence-corrected chi connectivity index (χ1v) is 0.508. The van der Waals surface area contributed by atoms with Gasteiger partial charge in [-0.15, -0.1) is 0 Å².